The van der Waals surface area contributed by atoms with Crippen molar-refractivity contribution in [2.24, 2.45) is 0 Å². The van der Waals surface area contributed by atoms with E-state index in [2.05, 4.69) is 48.5 Å². The molecule has 2 aromatic rings. The molecule has 0 aromatic heterocycles. The summed E-state index contributed by atoms with van der Waals surface area (Å²) in [5, 5.41) is 30.7. The fourth-order valence-electron chi connectivity index (χ4n) is 1.26. The minimum Gasteiger partial charge on any atom is -0.429 e. The Morgan fingerprint density at radius 2 is 0.778 bits per heavy atom. The molecule has 0 amide bonds. The Morgan fingerprint density at radius 1 is 0.500 bits per heavy atom. The molecule has 0 spiro atoms. The Kier molecular flexibility index (Phi) is 6.18. The summed E-state index contributed by atoms with van der Waals surface area (Å²) in [7, 11) is -4.07. The highest BCUT2D eigenvalue weighted by atomic mass is 16.4. The van der Waals surface area contributed by atoms with Crippen LogP contribution in [0.25, 0.3) is 11.1 Å². The molecule has 0 bridgehead atoms. The zero-order chi connectivity index (χ0) is 13.4. The van der Waals surface area contributed by atoms with E-state index < -0.39 is 14.0 Å². The van der Waals surface area contributed by atoms with Crippen molar-refractivity contribution in [2.75, 3.05) is 0 Å². The van der Waals surface area contributed by atoms with Gasteiger partial charge in [0.25, 0.3) is 0 Å². The quantitative estimate of drug-likeness (QED) is 0.575. The van der Waals surface area contributed by atoms with Gasteiger partial charge in [0.15, 0.2) is 0 Å². The molecule has 0 radical (unpaired) electrons. The maximum atomic E-state index is 7.69. The molecular formula is C12H14B2O4. The molecule has 4 nitrogen and oxygen atoms in total. The third kappa shape index (κ3) is 5.16. The second kappa shape index (κ2) is 7.68. The summed E-state index contributed by atoms with van der Waals surface area (Å²) in [6, 6.07) is 20.8. The lowest BCUT2D eigenvalue weighted by Crippen LogP contribution is -2.35. The summed E-state index contributed by atoms with van der Waals surface area (Å²) in [6.45, 7) is 0. The molecule has 6 heteroatoms. The first-order valence-electron chi connectivity index (χ1n) is 5.44. The van der Waals surface area contributed by atoms with Crippen molar-refractivity contribution >= 4 is 14.0 Å². The zero-order valence-corrected chi connectivity index (χ0v) is 9.72. The molecule has 0 aliphatic carbocycles. The molecule has 0 saturated heterocycles. The van der Waals surface area contributed by atoms with Crippen LogP contribution < -0.4 is 0 Å². The van der Waals surface area contributed by atoms with Gasteiger partial charge in [-0.1, -0.05) is 60.7 Å². The highest BCUT2D eigenvalue weighted by Crippen LogP contribution is 2.17. The van der Waals surface area contributed by atoms with Gasteiger partial charge in [-0.3, -0.25) is 0 Å². The summed E-state index contributed by atoms with van der Waals surface area (Å²) in [6.07, 6.45) is 0. The summed E-state index contributed by atoms with van der Waals surface area (Å²) in [5.74, 6) is 0. The SMILES string of the molecule is OB(O)B(O)O.c1ccc(-c2ccccc2)cc1. The fraction of sp³-hybridized carbons (Fsp3) is 0. The summed E-state index contributed by atoms with van der Waals surface area (Å²) >= 11 is 0. The smallest absolute Gasteiger partial charge is 0.429 e. The van der Waals surface area contributed by atoms with Crippen LogP contribution in [0.2, 0.25) is 0 Å². The lowest BCUT2D eigenvalue weighted by atomic mass is 9.50. The van der Waals surface area contributed by atoms with E-state index in [4.69, 9.17) is 20.1 Å². The van der Waals surface area contributed by atoms with Crippen LogP contribution in [0.3, 0.4) is 0 Å². The Morgan fingerprint density at radius 3 is 1.00 bits per heavy atom. The lowest BCUT2D eigenvalue weighted by Gasteiger charge is -1.98. The van der Waals surface area contributed by atoms with E-state index in [9.17, 15) is 0 Å². The maximum Gasteiger partial charge on any atom is 0.482 e. The Balaban J connectivity index is 0.000000232. The van der Waals surface area contributed by atoms with Crippen molar-refractivity contribution in [3.8, 4) is 11.1 Å². The van der Waals surface area contributed by atoms with Crippen LogP contribution in [-0.2, 0) is 0 Å². The van der Waals surface area contributed by atoms with Crippen molar-refractivity contribution in [3.05, 3.63) is 60.7 Å². The van der Waals surface area contributed by atoms with Gasteiger partial charge in [0.05, 0.1) is 0 Å². The normalized spacial score (nSPS) is 9.11. The van der Waals surface area contributed by atoms with Gasteiger partial charge < -0.3 is 20.1 Å². The second-order valence-electron chi connectivity index (χ2n) is 3.56. The Bertz CT molecular complexity index is 391. The molecule has 0 heterocycles. The standard InChI is InChI=1S/C12H10.B2H4O4/c1-3-7-11(8-4-1)12-9-5-2-6-10-12;3-1(4)2(5)6/h1-10H;3-6H. The van der Waals surface area contributed by atoms with E-state index in [1.54, 1.807) is 0 Å². The number of rotatable bonds is 2. The van der Waals surface area contributed by atoms with Gasteiger partial charge in [0.2, 0.25) is 0 Å². The summed E-state index contributed by atoms with van der Waals surface area (Å²) in [5.41, 5.74) is 2.55. The molecule has 0 atom stereocenters. The van der Waals surface area contributed by atoms with Crippen molar-refractivity contribution < 1.29 is 20.1 Å². The van der Waals surface area contributed by atoms with Gasteiger partial charge >= 0.3 is 14.0 Å². The van der Waals surface area contributed by atoms with E-state index in [-0.39, 0.29) is 0 Å². The topological polar surface area (TPSA) is 80.9 Å². The zero-order valence-electron chi connectivity index (χ0n) is 9.72. The molecule has 18 heavy (non-hydrogen) atoms. The monoisotopic (exact) mass is 244 g/mol. The molecule has 0 aliphatic rings. The van der Waals surface area contributed by atoms with Crippen molar-refractivity contribution in [2.45, 2.75) is 0 Å². The average molecular weight is 244 g/mol. The van der Waals surface area contributed by atoms with E-state index in [0.717, 1.165) is 0 Å². The van der Waals surface area contributed by atoms with Gasteiger partial charge in [-0.2, -0.15) is 0 Å². The van der Waals surface area contributed by atoms with E-state index in [0.29, 0.717) is 0 Å². The molecule has 0 fully saturated rings. The third-order valence-electron chi connectivity index (χ3n) is 2.15. The predicted molar refractivity (Wildman–Crippen MR) is 72.3 cm³/mol. The first-order valence-corrected chi connectivity index (χ1v) is 5.44. The molecule has 92 valence electrons. The van der Waals surface area contributed by atoms with Crippen LogP contribution in [0.1, 0.15) is 0 Å². The molecular weight excluding hydrogens is 230 g/mol. The summed E-state index contributed by atoms with van der Waals surface area (Å²) < 4.78 is 0. The van der Waals surface area contributed by atoms with Crippen LogP contribution in [0.4, 0.5) is 0 Å². The Labute approximate surface area is 106 Å². The number of hydrogen-bond donors (Lipinski definition) is 4. The van der Waals surface area contributed by atoms with Crippen molar-refractivity contribution in [1.29, 1.82) is 0 Å². The van der Waals surface area contributed by atoms with Gasteiger partial charge in [-0.05, 0) is 11.1 Å². The number of benzene rings is 2. The first-order chi connectivity index (χ1) is 8.61. The van der Waals surface area contributed by atoms with Crippen LogP contribution in [0, 0.1) is 0 Å². The molecule has 4 N–H and O–H groups in total. The first kappa shape index (κ1) is 14.5. The molecule has 0 unspecified atom stereocenters. The fourth-order valence-corrected chi connectivity index (χ4v) is 1.26. The van der Waals surface area contributed by atoms with Gasteiger partial charge in [-0.25, -0.2) is 0 Å². The Hall–Kier alpha value is -1.59. The summed E-state index contributed by atoms with van der Waals surface area (Å²) in [4.78, 5) is 0. The molecule has 0 saturated carbocycles. The van der Waals surface area contributed by atoms with Crippen molar-refractivity contribution in [1.82, 2.24) is 0 Å². The van der Waals surface area contributed by atoms with Gasteiger partial charge in [0, 0.05) is 0 Å². The lowest BCUT2D eigenvalue weighted by molar-refractivity contribution is 0.368. The highest BCUT2D eigenvalue weighted by Gasteiger charge is 2.23. The van der Waals surface area contributed by atoms with Crippen LogP contribution in [0.5, 0.6) is 0 Å². The van der Waals surface area contributed by atoms with Crippen LogP contribution in [-0.4, -0.2) is 34.1 Å². The van der Waals surface area contributed by atoms with E-state index in [1.807, 2.05) is 12.1 Å². The molecule has 2 aromatic carbocycles. The minimum absolute atomic E-state index is 1.28. The third-order valence-corrected chi connectivity index (χ3v) is 2.15. The number of hydrogen-bond acceptors (Lipinski definition) is 4. The second-order valence-corrected chi connectivity index (χ2v) is 3.56. The van der Waals surface area contributed by atoms with Crippen LogP contribution in [0.15, 0.2) is 60.7 Å². The highest BCUT2D eigenvalue weighted by molar-refractivity contribution is 7.07. The predicted octanol–water partition coefficient (Wildman–Crippen LogP) is 0.364. The van der Waals surface area contributed by atoms with E-state index in [1.165, 1.54) is 11.1 Å². The van der Waals surface area contributed by atoms with Gasteiger partial charge in [-0.15, -0.1) is 0 Å². The average Bonchev–Trinajstić information content (AvgIpc) is 2.41. The maximum absolute atomic E-state index is 7.69. The molecule has 0 aliphatic heterocycles. The molecule has 2 rings (SSSR count). The minimum atomic E-state index is -2.04. The van der Waals surface area contributed by atoms with Gasteiger partial charge in [0.1, 0.15) is 0 Å². The largest absolute Gasteiger partial charge is 0.482 e. The van der Waals surface area contributed by atoms with Crippen molar-refractivity contribution in [3.63, 3.8) is 0 Å². The van der Waals surface area contributed by atoms with Crippen LogP contribution >= 0.6 is 0 Å². The van der Waals surface area contributed by atoms with E-state index >= 15 is 0 Å².